The lowest BCUT2D eigenvalue weighted by atomic mass is 10.1. The molecule has 0 aliphatic rings. The fraction of sp³-hybridized carbons (Fsp3) is 0.917. The topological polar surface area (TPSA) is 35.5 Å². The van der Waals surface area contributed by atoms with Crippen molar-refractivity contribution in [3.8, 4) is 0 Å². The van der Waals surface area contributed by atoms with E-state index in [1.807, 2.05) is 9.47 Å². The molecule has 0 radical (unpaired) electrons. The van der Waals surface area contributed by atoms with Crippen LogP contribution in [0.25, 0.3) is 0 Å². The van der Waals surface area contributed by atoms with Gasteiger partial charge in [0.1, 0.15) is 6.61 Å². The van der Waals surface area contributed by atoms with Crippen LogP contribution >= 0.6 is 9.47 Å². The lowest BCUT2D eigenvalue weighted by molar-refractivity contribution is -0.145. The number of hydrogen-bond donors (Lipinski definition) is 0. The van der Waals surface area contributed by atoms with Crippen molar-refractivity contribution in [3.05, 3.63) is 0 Å². The van der Waals surface area contributed by atoms with Crippen molar-refractivity contribution in [1.82, 2.24) is 0 Å². The number of unbranched alkanes of at least 4 members (excludes halogenated alkanes) is 7. The number of hydrogen-bond acceptors (Lipinski definition) is 3. The molecule has 0 aromatic rings. The van der Waals surface area contributed by atoms with Crippen molar-refractivity contribution in [2.75, 3.05) is 19.9 Å². The summed E-state index contributed by atoms with van der Waals surface area (Å²) < 4.78 is 21.3. The minimum atomic E-state index is -0.314. The average Bonchev–Trinajstić information content (AvgIpc) is 2.32. The highest BCUT2D eigenvalue weighted by Crippen LogP contribution is 2.08. The molecule has 0 aliphatic heterocycles. The summed E-state index contributed by atoms with van der Waals surface area (Å²) in [5.74, 6) is -0.314. The second-order valence-corrected chi connectivity index (χ2v) is 4.38. The molecule has 0 fully saturated rings. The summed E-state index contributed by atoms with van der Waals surface area (Å²) in [6.07, 6.45) is 8.36. The van der Waals surface area contributed by atoms with E-state index in [-0.39, 0.29) is 19.3 Å². The first-order valence-corrected chi connectivity index (χ1v) is 6.81. The van der Waals surface area contributed by atoms with Gasteiger partial charge in [0.15, 0.2) is 0 Å². The predicted molar refractivity (Wildman–Crippen MR) is 69.5 cm³/mol. The Morgan fingerprint density at radius 3 is 2.00 bits per heavy atom. The zero-order valence-electron chi connectivity index (χ0n) is 10.5. The zero-order valence-corrected chi connectivity index (χ0v) is 11.6. The molecule has 0 aliphatic carbocycles. The third kappa shape index (κ3) is 13.7. The Kier molecular flexibility index (Phi) is 13.7. The number of alkyl halides is 1. The largest absolute Gasteiger partial charge is 0.464 e. The van der Waals surface area contributed by atoms with Crippen LogP contribution in [-0.4, -0.2) is 25.9 Å². The monoisotopic (exact) mass is 266 g/mol. The molecule has 0 aromatic carbocycles. The van der Waals surface area contributed by atoms with E-state index in [0.717, 1.165) is 32.1 Å². The van der Waals surface area contributed by atoms with Crippen LogP contribution in [0, 0.1) is 0 Å². The molecule has 3 nitrogen and oxygen atoms in total. The van der Waals surface area contributed by atoms with Gasteiger partial charge in [0.05, 0.1) is 13.3 Å². The third-order valence-electron chi connectivity index (χ3n) is 2.49. The minimum absolute atomic E-state index is 0.000756. The Balaban J connectivity index is 3.01. The highest BCUT2D eigenvalue weighted by atomic mass is 31.0. The molecule has 0 saturated heterocycles. The average molecular weight is 266 g/mol. The van der Waals surface area contributed by atoms with Crippen molar-refractivity contribution in [2.45, 2.75) is 51.4 Å². The Labute approximate surface area is 106 Å². The van der Waals surface area contributed by atoms with E-state index in [0.29, 0.717) is 13.0 Å². The summed E-state index contributed by atoms with van der Waals surface area (Å²) in [6.45, 7) is 0.291. The molecule has 102 valence electrons. The highest BCUT2D eigenvalue weighted by Gasteiger charge is 2.00. The van der Waals surface area contributed by atoms with Crippen molar-refractivity contribution in [2.24, 2.45) is 0 Å². The minimum Gasteiger partial charge on any atom is -0.464 e. The molecule has 0 heterocycles. The van der Waals surface area contributed by atoms with E-state index in [1.165, 1.54) is 12.8 Å². The van der Waals surface area contributed by atoms with Gasteiger partial charge in [0.2, 0.25) is 0 Å². The SMILES string of the molecule is O=C(COP)OCCCCCCCCCCF. The lowest BCUT2D eigenvalue weighted by Crippen LogP contribution is -2.10. The number of ether oxygens (including phenoxy) is 1. The van der Waals surface area contributed by atoms with Crippen LogP contribution in [0.2, 0.25) is 0 Å². The molecular weight excluding hydrogens is 242 g/mol. The second-order valence-electron chi connectivity index (χ2n) is 4.05. The molecular formula is C12H24FO3P. The summed E-state index contributed by atoms with van der Waals surface area (Å²) in [6, 6.07) is 0. The van der Waals surface area contributed by atoms with E-state index >= 15 is 0 Å². The van der Waals surface area contributed by atoms with Gasteiger partial charge in [-0.25, -0.2) is 4.79 Å². The smallest absolute Gasteiger partial charge is 0.332 e. The van der Waals surface area contributed by atoms with Gasteiger partial charge in [-0.1, -0.05) is 38.5 Å². The first-order valence-electron chi connectivity index (χ1n) is 6.34. The van der Waals surface area contributed by atoms with Crippen molar-refractivity contribution in [3.63, 3.8) is 0 Å². The number of rotatable bonds is 12. The van der Waals surface area contributed by atoms with E-state index in [2.05, 4.69) is 4.52 Å². The summed E-state index contributed by atoms with van der Waals surface area (Å²) in [7, 11) is 2.02. The molecule has 0 spiro atoms. The number of halogens is 1. The van der Waals surface area contributed by atoms with Crippen molar-refractivity contribution >= 4 is 15.4 Å². The van der Waals surface area contributed by atoms with Crippen LogP contribution in [0.3, 0.4) is 0 Å². The van der Waals surface area contributed by atoms with E-state index in [9.17, 15) is 9.18 Å². The van der Waals surface area contributed by atoms with Gasteiger partial charge < -0.3 is 9.26 Å². The zero-order chi connectivity index (χ0) is 12.8. The van der Waals surface area contributed by atoms with E-state index in [4.69, 9.17) is 4.74 Å². The number of carbonyl (C=O) groups excluding carboxylic acids is 1. The van der Waals surface area contributed by atoms with Gasteiger partial charge in [-0.15, -0.1) is 0 Å². The fourth-order valence-corrected chi connectivity index (χ4v) is 1.69. The van der Waals surface area contributed by atoms with Gasteiger partial charge in [0.25, 0.3) is 0 Å². The van der Waals surface area contributed by atoms with Crippen LogP contribution < -0.4 is 0 Å². The van der Waals surface area contributed by atoms with Crippen LogP contribution in [0.15, 0.2) is 0 Å². The molecule has 1 atom stereocenters. The quantitative estimate of drug-likeness (QED) is 0.308. The maximum absolute atomic E-state index is 11.8. The number of esters is 1. The molecule has 17 heavy (non-hydrogen) atoms. The molecule has 0 saturated carbocycles. The second kappa shape index (κ2) is 13.9. The Morgan fingerprint density at radius 1 is 0.941 bits per heavy atom. The standard InChI is InChI=1S/C12H24FO3P/c13-9-7-5-3-1-2-4-6-8-10-15-12(14)11-16-17/h1-11,17H2. The molecule has 1 unspecified atom stereocenters. The summed E-state index contributed by atoms with van der Waals surface area (Å²) in [5.41, 5.74) is 0. The first kappa shape index (κ1) is 16.8. The van der Waals surface area contributed by atoms with Gasteiger partial charge in [-0.2, -0.15) is 0 Å². The van der Waals surface area contributed by atoms with E-state index in [1.54, 1.807) is 0 Å². The highest BCUT2D eigenvalue weighted by molar-refractivity contribution is 7.09. The molecule has 0 aromatic heterocycles. The number of carbonyl (C=O) groups is 1. The van der Waals surface area contributed by atoms with Gasteiger partial charge in [-0.05, 0) is 12.8 Å². The summed E-state index contributed by atoms with van der Waals surface area (Å²) in [5, 5.41) is 0. The Morgan fingerprint density at radius 2 is 1.47 bits per heavy atom. The normalized spacial score (nSPS) is 10.5. The summed E-state index contributed by atoms with van der Waals surface area (Å²) in [4.78, 5) is 10.9. The van der Waals surface area contributed by atoms with Crippen molar-refractivity contribution < 1.29 is 18.4 Å². The van der Waals surface area contributed by atoms with Crippen LogP contribution in [0.4, 0.5) is 4.39 Å². The molecule has 0 amide bonds. The van der Waals surface area contributed by atoms with Gasteiger partial charge in [0, 0.05) is 9.47 Å². The molecule has 5 heteroatoms. The van der Waals surface area contributed by atoms with Gasteiger partial charge >= 0.3 is 5.97 Å². The van der Waals surface area contributed by atoms with Crippen molar-refractivity contribution in [1.29, 1.82) is 0 Å². The summed E-state index contributed by atoms with van der Waals surface area (Å²) >= 11 is 0. The maximum Gasteiger partial charge on any atom is 0.332 e. The molecule has 0 rings (SSSR count). The Hall–Kier alpha value is -0.210. The van der Waals surface area contributed by atoms with Crippen LogP contribution in [0.5, 0.6) is 0 Å². The van der Waals surface area contributed by atoms with E-state index < -0.39 is 0 Å². The van der Waals surface area contributed by atoms with Gasteiger partial charge in [-0.3, -0.25) is 4.39 Å². The predicted octanol–water partition coefficient (Wildman–Crippen LogP) is 3.43. The Bertz CT molecular complexity index is 179. The fourth-order valence-electron chi connectivity index (χ4n) is 1.55. The lowest BCUT2D eigenvalue weighted by Gasteiger charge is -2.04. The first-order chi connectivity index (χ1) is 8.31. The molecule has 0 N–H and O–H groups in total. The van der Waals surface area contributed by atoms with Crippen LogP contribution in [0.1, 0.15) is 51.4 Å². The third-order valence-corrected chi connectivity index (χ3v) is 2.66. The maximum atomic E-state index is 11.8. The molecule has 0 bridgehead atoms. The van der Waals surface area contributed by atoms with Crippen LogP contribution in [-0.2, 0) is 14.1 Å².